The molecular formula is C15H16F2N2O. The molecule has 20 heavy (non-hydrogen) atoms. The van der Waals surface area contributed by atoms with Gasteiger partial charge in [-0.1, -0.05) is 0 Å². The summed E-state index contributed by atoms with van der Waals surface area (Å²) in [5, 5.41) is 0. The Labute approximate surface area is 116 Å². The number of hydrogen-bond acceptors (Lipinski definition) is 2. The first-order valence-electron chi connectivity index (χ1n) is 6.66. The molecule has 0 fully saturated rings. The second-order valence-electron chi connectivity index (χ2n) is 4.96. The first kappa shape index (κ1) is 13.1. The van der Waals surface area contributed by atoms with Crippen molar-refractivity contribution in [1.29, 1.82) is 0 Å². The summed E-state index contributed by atoms with van der Waals surface area (Å²) in [4.78, 5) is 0. The molecule has 0 aliphatic heterocycles. The quantitative estimate of drug-likeness (QED) is 0.934. The van der Waals surface area contributed by atoms with Crippen LogP contribution >= 0.6 is 0 Å². The summed E-state index contributed by atoms with van der Waals surface area (Å²) in [6.45, 7) is -2.79. The number of ether oxygens (including phenoxy) is 1. The zero-order valence-electron chi connectivity index (χ0n) is 10.9. The number of halogens is 2. The Hall–Kier alpha value is -1.88. The summed E-state index contributed by atoms with van der Waals surface area (Å²) >= 11 is 0. The second kappa shape index (κ2) is 5.25. The molecule has 0 bridgehead atoms. The van der Waals surface area contributed by atoms with Crippen molar-refractivity contribution >= 4 is 0 Å². The maximum absolute atomic E-state index is 12.1. The van der Waals surface area contributed by atoms with Crippen molar-refractivity contribution < 1.29 is 13.5 Å². The van der Waals surface area contributed by atoms with Crippen LogP contribution < -0.4 is 10.5 Å². The Morgan fingerprint density at radius 1 is 1.20 bits per heavy atom. The van der Waals surface area contributed by atoms with Crippen molar-refractivity contribution in [3.63, 3.8) is 0 Å². The van der Waals surface area contributed by atoms with E-state index in [2.05, 4.69) is 9.30 Å². The van der Waals surface area contributed by atoms with E-state index >= 15 is 0 Å². The Balaban J connectivity index is 1.90. The van der Waals surface area contributed by atoms with Gasteiger partial charge in [0, 0.05) is 23.6 Å². The van der Waals surface area contributed by atoms with Crippen molar-refractivity contribution in [2.24, 2.45) is 5.73 Å². The summed E-state index contributed by atoms with van der Waals surface area (Å²) < 4.78 is 30.7. The molecule has 1 atom stereocenters. The molecule has 1 heterocycles. The van der Waals surface area contributed by atoms with Gasteiger partial charge in [-0.15, -0.1) is 0 Å². The number of nitrogens with two attached hydrogens (primary N) is 1. The average molecular weight is 278 g/mol. The smallest absolute Gasteiger partial charge is 0.387 e. The monoisotopic (exact) mass is 278 g/mol. The number of alkyl halides is 2. The van der Waals surface area contributed by atoms with Gasteiger partial charge in [0.05, 0.1) is 0 Å². The topological polar surface area (TPSA) is 40.2 Å². The van der Waals surface area contributed by atoms with E-state index in [-0.39, 0.29) is 11.8 Å². The van der Waals surface area contributed by atoms with Crippen LogP contribution in [0, 0.1) is 0 Å². The highest BCUT2D eigenvalue weighted by Gasteiger charge is 2.20. The number of benzene rings is 1. The highest BCUT2D eigenvalue weighted by molar-refractivity contribution is 5.42. The molecule has 1 aliphatic carbocycles. The molecule has 2 N–H and O–H groups in total. The fourth-order valence-corrected chi connectivity index (χ4v) is 2.76. The van der Waals surface area contributed by atoms with Crippen LogP contribution in [0.2, 0.25) is 0 Å². The van der Waals surface area contributed by atoms with E-state index < -0.39 is 6.61 Å². The molecule has 1 aliphatic rings. The third-order valence-electron chi connectivity index (χ3n) is 3.70. The maximum Gasteiger partial charge on any atom is 0.387 e. The van der Waals surface area contributed by atoms with Gasteiger partial charge >= 0.3 is 6.61 Å². The molecule has 0 radical (unpaired) electrons. The van der Waals surface area contributed by atoms with Gasteiger partial charge in [-0.2, -0.15) is 8.78 Å². The summed E-state index contributed by atoms with van der Waals surface area (Å²) in [5.74, 6) is 0.168. The molecule has 1 aromatic heterocycles. The Bertz CT molecular complexity index is 592. The molecule has 0 saturated heterocycles. The Morgan fingerprint density at radius 2 is 1.95 bits per heavy atom. The van der Waals surface area contributed by atoms with Crippen LogP contribution in [0.5, 0.6) is 5.75 Å². The minimum atomic E-state index is -2.79. The van der Waals surface area contributed by atoms with Gasteiger partial charge in [0.15, 0.2) is 0 Å². The lowest BCUT2D eigenvalue weighted by Gasteiger charge is -2.21. The number of fused-ring (bicyclic) bond motifs is 1. The van der Waals surface area contributed by atoms with Gasteiger partial charge in [0.25, 0.3) is 0 Å². The van der Waals surface area contributed by atoms with Gasteiger partial charge in [-0.3, -0.25) is 0 Å². The molecule has 5 heteroatoms. The lowest BCUT2D eigenvalue weighted by atomic mass is 9.93. The van der Waals surface area contributed by atoms with Crippen molar-refractivity contribution in [2.75, 3.05) is 0 Å². The molecule has 0 saturated carbocycles. The van der Waals surface area contributed by atoms with Crippen molar-refractivity contribution in [2.45, 2.75) is 31.9 Å². The zero-order valence-corrected chi connectivity index (χ0v) is 10.9. The molecule has 0 spiro atoms. The molecule has 3 rings (SSSR count). The summed E-state index contributed by atoms with van der Waals surface area (Å²) in [5.41, 5.74) is 9.43. The standard InChI is InChI=1S/C15H16F2N2O/c16-15(17)20-11-6-4-10(5-7-11)19-9-8-12-13(18)2-1-3-14(12)19/h4-9,13,15H,1-3,18H2. The maximum atomic E-state index is 12.1. The van der Waals surface area contributed by atoms with E-state index in [1.54, 1.807) is 24.3 Å². The van der Waals surface area contributed by atoms with E-state index in [1.807, 2.05) is 12.3 Å². The van der Waals surface area contributed by atoms with Crippen molar-refractivity contribution in [1.82, 2.24) is 4.57 Å². The van der Waals surface area contributed by atoms with E-state index in [9.17, 15) is 8.78 Å². The lowest BCUT2D eigenvalue weighted by molar-refractivity contribution is -0.0498. The van der Waals surface area contributed by atoms with Crippen LogP contribution in [0.15, 0.2) is 36.5 Å². The number of nitrogens with zero attached hydrogens (tertiary/aromatic N) is 1. The fourth-order valence-electron chi connectivity index (χ4n) is 2.76. The van der Waals surface area contributed by atoms with Gasteiger partial charge in [0.2, 0.25) is 0 Å². The zero-order chi connectivity index (χ0) is 14.1. The Kier molecular flexibility index (Phi) is 3.44. The van der Waals surface area contributed by atoms with E-state index in [1.165, 1.54) is 11.3 Å². The molecule has 1 aromatic carbocycles. The normalized spacial score (nSPS) is 18.1. The molecule has 2 aromatic rings. The van der Waals surface area contributed by atoms with Gasteiger partial charge in [-0.05, 0) is 55.2 Å². The number of rotatable bonds is 3. The van der Waals surface area contributed by atoms with Crippen LogP contribution in [0.1, 0.15) is 30.1 Å². The van der Waals surface area contributed by atoms with Crippen LogP contribution in [-0.4, -0.2) is 11.2 Å². The summed E-state index contributed by atoms with van der Waals surface area (Å²) in [7, 11) is 0. The van der Waals surface area contributed by atoms with Crippen LogP contribution in [0.3, 0.4) is 0 Å². The first-order valence-corrected chi connectivity index (χ1v) is 6.66. The second-order valence-corrected chi connectivity index (χ2v) is 4.96. The highest BCUT2D eigenvalue weighted by atomic mass is 19.3. The van der Waals surface area contributed by atoms with Crippen LogP contribution in [-0.2, 0) is 6.42 Å². The lowest BCUT2D eigenvalue weighted by Crippen LogP contribution is -2.17. The minimum absolute atomic E-state index is 0.0986. The van der Waals surface area contributed by atoms with E-state index in [0.717, 1.165) is 24.9 Å². The summed E-state index contributed by atoms with van der Waals surface area (Å²) in [6, 6.07) is 8.80. The molecule has 0 amide bonds. The largest absolute Gasteiger partial charge is 0.435 e. The summed E-state index contributed by atoms with van der Waals surface area (Å²) in [6.07, 6.45) is 5.06. The molecular weight excluding hydrogens is 262 g/mol. The number of aromatic nitrogens is 1. The molecule has 106 valence electrons. The highest BCUT2D eigenvalue weighted by Crippen LogP contribution is 2.31. The molecule has 1 unspecified atom stereocenters. The van der Waals surface area contributed by atoms with Crippen molar-refractivity contribution in [3.05, 3.63) is 47.8 Å². The average Bonchev–Trinajstić information content (AvgIpc) is 2.84. The third-order valence-corrected chi connectivity index (χ3v) is 3.70. The minimum Gasteiger partial charge on any atom is -0.435 e. The Morgan fingerprint density at radius 3 is 2.65 bits per heavy atom. The first-order chi connectivity index (χ1) is 9.65. The predicted molar refractivity (Wildman–Crippen MR) is 72.3 cm³/mol. The van der Waals surface area contributed by atoms with Gasteiger partial charge in [0.1, 0.15) is 5.75 Å². The van der Waals surface area contributed by atoms with E-state index in [4.69, 9.17) is 5.73 Å². The third kappa shape index (κ3) is 2.41. The van der Waals surface area contributed by atoms with Gasteiger partial charge < -0.3 is 15.0 Å². The van der Waals surface area contributed by atoms with Crippen LogP contribution in [0.4, 0.5) is 8.78 Å². The van der Waals surface area contributed by atoms with Crippen molar-refractivity contribution in [3.8, 4) is 11.4 Å². The van der Waals surface area contributed by atoms with Gasteiger partial charge in [-0.25, -0.2) is 0 Å². The van der Waals surface area contributed by atoms with E-state index in [0.29, 0.717) is 0 Å². The van der Waals surface area contributed by atoms with Crippen LogP contribution in [0.25, 0.3) is 5.69 Å². The SMILES string of the molecule is NC1CCCc2c1ccn2-c1ccc(OC(F)F)cc1. The predicted octanol–water partition coefficient (Wildman–Crippen LogP) is 3.41. The molecule has 3 nitrogen and oxygen atoms in total. The number of hydrogen-bond donors (Lipinski definition) is 1. The fraction of sp³-hybridized carbons (Fsp3) is 0.333.